The molecule has 1 heterocycles. The van der Waals surface area contributed by atoms with Gasteiger partial charge < -0.3 is 10.5 Å². The molecule has 0 amide bonds. The summed E-state index contributed by atoms with van der Waals surface area (Å²) in [5.41, 5.74) is 9.97. The molecular formula is C20H30N4O. The average Bonchev–Trinajstić information content (AvgIpc) is 2.95. The summed E-state index contributed by atoms with van der Waals surface area (Å²) < 4.78 is 7.93. The Morgan fingerprint density at radius 3 is 2.52 bits per heavy atom. The smallest absolute Gasteiger partial charge is 0.148 e. The van der Waals surface area contributed by atoms with Crippen molar-refractivity contribution in [1.29, 1.82) is 0 Å². The number of aromatic nitrogens is 3. The Morgan fingerprint density at radius 2 is 1.88 bits per heavy atom. The van der Waals surface area contributed by atoms with E-state index in [-0.39, 0.29) is 12.1 Å². The lowest BCUT2D eigenvalue weighted by molar-refractivity contribution is 0.0108. The Hall–Kier alpha value is -1.72. The minimum absolute atomic E-state index is 0.0648. The van der Waals surface area contributed by atoms with Crippen LogP contribution in [0.3, 0.4) is 0 Å². The summed E-state index contributed by atoms with van der Waals surface area (Å²) in [5.74, 6) is 2.18. The highest BCUT2D eigenvalue weighted by molar-refractivity contribution is 5.39. The van der Waals surface area contributed by atoms with Crippen LogP contribution in [0, 0.1) is 20.8 Å². The van der Waals surface area contributed by atoms with Gasteiger partial charge in [-0.2, -0.15) is 5.10 Å². The number of hydrogen-bond donors (Lipinski definition) is 1. The maximum atomic E-state index is 6.41. The van der Waals surface area contributed by atoms with Crippen molar-refractivity contribution >= 4 is 0 Å². The summed E-state index contributed by atoms with van der Waals surface area (Å²) in [6.07, 6.45) is 4.15. The lowest BCUT2D eigenvalue weighted by Gasteiger charge is -2.33. The van der Waals surface area contributed by atoms with Gasteiger partial charge in [0.1, 0.15) is 11.6 Å². The zero-order valence-electron chi connectivity index (χ0n) is 15.8. The molecule has 5 nitrogen and oxygen atoms in total. The topological polar surface area (TPSA) is 66.0 Å². The van der Waals surface area contributed by atoms with Gasteiger partial charge in [-0.1, -0.05) is 13.0 Å². The first-order valence-corrected chi connectivity index (χ1v) is 9.37. The lowest BCUT2D eigenvalue weighted by Crippen LogP contribution is -2.42. The second kappa shape index (κ2) is 7.67. The van der Waals surface area contributed by atoms with E-state index in [0.717, 1.165) is 49.6 Å². The van der Waals surface area contributed by atoms with Gasteiger partial charge in [0, 0.05) is 18.6 Å². The molecule has 1 saturated carbocycles. The summed E-state index contributed by atoms with van der Waals surface area (Å²) in [6.45, 7) is 9.12. The average molecular weight is 342 g/mol. The molecular weight excluding hydrogens is 312 g/mol. The molecule has 2 aromatic rings. The fourth-order valence-electron chi connectivity index (χ4n) is 3.85. The normalized spacial score (nSPS) is 23.8. The van der Waals surface area contributed by atoms with Crippen molar-refractivity contribution in [3.05, 3.63) is 41.0 Å². The molecule has 1 aromatic heterocycles. The molecule has 1 aliphatic carbocycles. The number of aryl methyl sites for hydroxylation is 3. The van der Waals surface area contributed by atoms with Crippen LogP contribution in [0.1, 0.15) is 61.3 Å². The molecule has 5 heteroatoms. The highest BCUT2D eigenvalue weighted by atomic mass is 16.5. The predicted molar refractivity (Wildman–Crippen MR) is 100 cm³/mol. The molecule has 1 fully saturated rings. The third kappa shape index (κ3) is 4.10. The van der Waals surface area contributed by atoms with Crippen LogP contribution >= 0.6 is 0 Å². The van der Waals surface area contributed by atoms with Crippen molar-refractivity contribution in [2.24, 2.45) is 5.73 Å². The predicted octanol–water partition coefficient (Wildman–Crippen LogP) is 3.58. The minimum Gasteiger partial charge on any atom is -0.377 e. The first kappa shape index (κ1) is 18.1. The maximum absolute atomic E-state index is 6.41. The Morgan fingerprint density at radius 1 is 1.16 bits per heavy atom. The number of nitrogens with zero attached hydrogens (tertiary/aromatic N) is 3. The molecule has 0 bridgehead atoms. The maximum Gasteiger partial charge on any atom is 0.148 e. The fraction of sp³-hybridized carbons (Fsp3) is 0.600. The van der Waals surface area contributed by atoms with E-state index in [1.54, 1.807) is 0 Å². The van der Waals surface area contributed by atoms with Gasteiger partial charge in [0.15, 0.2) is 0 Å². The van der Waals surface area contributed by atoms with Crippen molar-refractivity contribution < 1.29 is 4.74 Å². The molecule has 3 atom stereocenters. The van der Waals surface area contributed by atoms with E-state index in [4.69, 9.17) is 15.5 Å². The molecule has 0 aliphatic heterocycles. The SMILES string of the molecule is CCCO[C@@H]1CC[C@H](c2nc(C)nn2-c2cc(C)cc(C)c2)C[C@H]1N. The van der Waals surface area contributed by atoms with E-state index in [1.807, 2.05) is 11.6 Å². The first-order valence-electron chi connectivity index (χ1n) is 9.37. The van der Waals surface area contributed by atoms with Crippen molar-refractivity contribution in [2.75, 3.05) is 6.61 Å². The van der Waals surface area contributed by atoms with Crippen LogP contribution in [-0.4, -0.2) is 33.5 Å². The molecule has 1 aliphatic rings. The summed E-state index contributed by atoms with van der Waals surface area (Å²) in [7, 11) is 0. The third-order valence-electron chi connectivity index (χ3n) is 4.92. The summed E-state index contributed by atoms with van der Waals surface area (Å²) in [5, 5.41) is 4.67. The van der Waals surface area contributed by atoms with Crippen LogP contribution in [-0.2, 0) is 4.74 Å². The highest BCUT2D eigenvalue weighted by Gasteiger charge is 2.32. The Balaban J connectivity index is 1.84. The Bertz CT molecular complexity index is 704. The second-order valence-corrected chi connectivity index (χ2v) is 7.36. The van der Waals surface area contributed by atoms with E-state index >= 15 is 0 Å². The number of nitrogens with two attached hydrogens (primary N) is 1. The second-order valence-electron chi connectivity index (χ2n) is 7.36. The molecule has 1 aromatic carbocycles. The quantitative estimate of drug-likeness (QED) is 0.902. The van der Waals surface area contributed by atoms with E-state index in [1.165, 1.54) is 11.1 Å². The monoisotopic (exact) mass is 342 g/mol. The van der Waals surface area contributed by atoms with Gasteiger partial charge in [0.05, 0.1) is 11.8 Å². The van der Waals surface area contributed by atoms with Gasteiger partial charge in [0.2, 0.25) is 0 Å². The number of rotatable bonds is 5. The van der Waals surface area contributed by atoms with Gasteiger partial charge in [-0.15, -0.1) is 0 Å². The van der Waals surface area contributed by atoms with Gasteiger partial charge in [-0.3, -0.25) is 0 Å². The van der Waals surface area contributed by atoms with E-state index in [9.17, 15) is 0 Å². The van der Waals surface area contributed by atoms with Crippen molar-refractivity contribution in [3.63, 3.8) is 0 Å². The van der Waals surface area contributed by atoms with Crippen molar-refractivity contribution in [2.45, 2.75) is 71.4 Å². The van der Waals surface area contributed by atoms with Gasteiger partial charge in [0.25, 0.3) is 0 Å². The van der Waals surface area contributed by atoms with Crippen LogP contribution in [0.5, 0.6) is 0 Å². The van der Waals surface area contributed by atoms with Crippen LogP contribution in [0.25, 0.3) is 5.69 Å². The van der Waals surface area contributed by atoms with E-state index in [0.29, 0.717) is 5.92 Å². The fourth-order valence-corrected chi connectivity index (χ4v) is 3.85. The molecule has 0 spiro atoms. The molecule has 136 valence electrons. The minimum atomic E-state index is 0.0648. The first-order chi connectivity index (χ1) is 12.0. The number of benzene rings is 1. The molecule has 25 heavy (non-hydrogen) atoms. The standard InChI is InChI=1S/C20H30N4O/c1-5-8-25-19-7-6-16(12-18(19)21)20-22-15(4)23-24(20)17-10-13(2)9-14(3)11-17/h9-11,16,18-19H,5-8,12,21H2,1-4H3/t16-,18+,19+/m0/s1. The lowest BCUT2D eigenvalue weighted by atomic mass is 9.83. The largest absolute Gasteiger partial charge is 0.377 e. The highest BCUT2D eigenvalue weighted by Crippen LogP contribution is 2.34. The van der Waals surface area contributed by atoms with Gasteiger partial charge in [-0.25, -0.2) is 9.67 Å². The summed E-state index contributed by atoms with van der Waals surface area (Å²) >= 11 is 0. The summed E-state index contributed by atoms with van der Waals surface area (Å²) in [4.78, 5) is 4.75. The Labute approximate surface area is 150 Å². The molecule has 0 radical (unpaired) electrons. The van der Waals surface area contributed by atoms with Crippen molar-refractivity contribution in [1.82, 2.24) is 14.8 Å². The number of hydrogen-bond acceptors (Lipinski definition) is 4. The van der Waals surface area contributed by atoms with E-state index < -0.39 is 0 Å². The Kier molecular flexibility index (Phi) is 5.54. The van der Waals surface area contributed by atoms with Gasteiger partial charge in [-0.05, 0) is 69.7 Å². The van der Waals surface area contributed by atoms with Crippen LogP contribution in [0.4, 0.5) is 0 Å². The zero-order chi connectivity index (χ0) is 18.0. The van der Waals surface area contributed by atoms with E-state index in [2.05, 4.69) is 44.1 Å². The summed E-state index contributed by atoms with van der Waals surface area (Å²) in [6, 6.07) is 6.58. The third-order valence-corrected chi connectivity index (χ3v) is 4.92. The molecule has 2 N–H and O–H groups in total. The van der Waals surface area contributed by atoms with Crippen molar-refractivity contribution in [3.8, 4) is 5.69 Å². The van der Waals surface area contributed by atoms with Crippen LogP contribution in [0.15, 0.2) is 18.2 Å². The molecule has 3 rings (SSSR count). The van der Waals surface area contributed by atoms with Crippen LogP contribution in [0.2, 0.25) is 0 Å². The number of ether oxygens (including phenoxy) is 1. The molecule has 0 saturated heterocycles. The zero-order valence-corrected chi connectivity index (χ0v) is 15.8. The molecule has 0 unspecified atom stereocenters. The van der Waals surface area contributed by atoms with Crippen LogP contribution < -0.4 is 5.73 Å². The van der Waals surface area contributed by atoms with Gasteiger partial charge >= 0.3 is 0 Å².